The molecule has 0 bridgehead atoms. The normalized spacial score (nSPS) is 11.4. The number of nitrogens with one attached hydrogen (secondary N) is 1. The van der Waals surface area contributed by atoms with Gasteiger partial charge in [-0.15, -0.1) is 0 Å². The largest absolute Gasteiger partial charge is 0.378 e. The molecule has 2 heterocycles. The molecule has 0 atom stereocenters. The van der Waals surface area contributed by atoms with Gasteiger partial charge < -0.3 is 9.50 Å². The predicted molar refractivity (Wildman–Crippen MR) is 148 cm³/mol. The zero-order valence-corrected chi connectivity index (χ0v) is 22.6. The van der Waals surface area contributed by atoms with Crippen molar-refractivity contribution in [3.8, 4) is 17.0 Å². The number of anilines is 1. The van der Waals surface area contributed by atoms with Crippen LogP contribution < -0.4 is 9.50 Å². The average Bonchev–Trinajstić information content (AvgIpc) is 3.25. The zero-order chi connectivity index (χ0) is 26.9. The van der Waals surface area contributed by atoms with E-state index >= 15 is 0 Å². The Kier molecular flexibility index (Phi) is 7.06. The van der Waals surface area contributed by atoms with Gasteiger partial charge in [0.2, 0.25) is 0 Å². The predicted octanol–water partition coefficient (Wildman–Crippen LogP) is 6.71. The molecule has 0 amide bonds. The summed E-state index contributed by atoms with van der Waals surface area (Å²) in [6, 6.07) is 23.2. The van der Waals surface area contributed by atoms with Crippen molar-refractivity contribution in [3.05, 3.63) is 116 Å². The maximum absolute atomic E-state index is 13.1. The van der Waals surface area contributed by atoms with Gasteiger partial charge in [-0.3, -0.25) is 14.5 Å². The van der Waals surface area contributed by atoms with Crippen molar-refractivity contribution < 1.29 is 17.5 Å². The van der Waals surface area contributed by atoms with Crippen LogP contribution in [0.5, 0.6) is 5.75 Å². The van der Waals surface area contributed by atoms with Crippen LogP contribution >= 0.6 is 27.5 Å². The minimum atomic E-state index is -4.45. The molecule has 5 aromatic rings. The summed E-state index contributed by atoms with van der Waals surface area (Å²) < 4.78 is 34.5. The van der Waals surface area contributed by atoms with E-state index in [2.05, 4.69) is 21.2 Å². The number of hydrogen-bond acceptors (Lipinski definition) is 7. The van der Waals surface area contributed by atoms with Crippen molar-refractivity contribution in [1.82, 2.24) is 9.38 Å². The maximum Gasteiger partial charge on any atom is 0.339 e. The summed E-state index contributed by atoms with van der Waals surface area (Å²) in [5.74, 6) is 0.635. The number of aromatic nitrogens is 2. The molecule has 0 fully saturated rings. The van der Waals surface area contributed by atoms with E-state index in [9.17, 15) is 18.5 Å². The van der Waals surface area contributed by atoms with Crippen molar-refractivity contribution in [2.75, 3.05) is 5.32 Å². The second-order valence-electron chi connectivity index (χ2n) is 8.13. The third kappa shape index (κ3) is 5.21. The van der Waals surface area contributed by atoms with Gasteiger partial charge in [0.05, 0.1) is 4.92 Å². The molecule has 0 aliphatic rings. The summed E-state index contributed by atoms with van der Waals surface area (Å²) in [5.41, 5.74) is 2.01. The van der Waals surface area contributed by atoms with Gasteiger partial charge in [0.15, 0.2) is 5.75 Å². The van der Waals surface area contributed by atoms with Crippen molar-refractivity contribution in [3.63, 3.8) is 0 Å². The molecular formula is C26H18BrClN4O5S. The number of halogens is 2. The molecule has 9 nitrogen and oxygen atoms in total. The van der Waals surface area contributed by atoms with Gasteiger partial charge in [0.25, 0.3) is 5.69 Å². The number of hydrogen-bond donors (Lipinski definition) is 1. The molecule has 0 saturated heterocycles. The van der Waals surface area contributed by atoms with Crippen LogP contribution in [0.1, 0.15) is 5.56 Å². The van der Waals surface area contributed by atoms with Gasteiger partial charge in [-0.25, -0.2) is 4.98 Å². The molecular weight excluding hydrogens is 596 g/mol. The monoisotopic (exact) mass is 612 g/mol. The molecule has 0 spiro atoms. The third-order valence-electron chi connectivity index (χ3n) is 5.63. The average molecular weight is 614 g/mol. The quantitative estimate of drug-likeness (QED) is 0.118. The molecule has 0 aliphatic heterocycles. The van der Waals surface area contributed by atoms with Crippen LogP contribution in [0, 0.1) is 10.1 Å². The molecule has 12 heteroatoms. The summed E-state index contributed by atoms with van der Waals surface area (Å²) >= 11 is 9.34. The number of fused-ring (bicyclic) bond motifs is 1. The van der Waals surface area contributed by atoms with Crippen molar-refractivity contribution in [2.45, 2.75) is 11.4 Å². The second-order valence-corrected chi connectivity index (χ2v) is 11.0. The molecule has 192 valence electrons. The standard InChI is InChI=1S/C26H18BrClN4O5S/c27-18-10-13-24-30-25(26(31(24)16-18)29-15-17-6-2-1-3-7-17)20-8-4-5-9-23(20)37-38(35,36)19-11-12-21(28)22(14-19)32(33)34/h1-14,16,29H,15H2. The Bertz CT molecular complexity index is 1780. The number of rotatable bonds is 8. The topological polar surface area (TPSA) is 116 Å². The number of imidazole rings is 1. The Hall–Kier alpha value is -3.93. The second kappa shape index (κ2) is 10.4. The minimum Gasteiger partial charge on any atom is -0.378 e. The zero-order valence-electron chi connectivity index (χ0n) is 19.4. The first-order valence-corrected chi connectivity index (χ1v) is 13.7. The van der Waals surface area contributed by atoms with Gasteiger partial charge in [-0.05, 0) is 57.9 Å². The maximum atomic E-state index is 13.1. The molecule has 2 aromatic heterocycles. The summed E-state index contributed by atoms with van der Waals surface area (Å²) in [4.78, 5) is 14.9. The highest BCUT2D eigenvalue weighted by Gasteiger charge is 2.25. The first-order valence-electron chi connectivity index (χ1n) is 11.2. The Morgan fingerprint density at radius 1 is 1.03 bits per heavy atom. The lowest BCUT2D eigenvalue weighted by Crippen LogP contribution is -2.11. The fourth-order valence-corrected chi connectivity index (χ4v) is 5.34. The number of nitrogens with zero attached hydrogens (tertiary/aromatic N) is 3. The summed E-state index contributed by atoms with van der Waals surface area (Å²) in [6.07, 6.45) is 1.85. The Morgan fingerprint density at radius 3 is 2.53 bits per heavy atom. The van der Waals surface area contributed by atoms with E-state index < -0.39 is 25.6 Å². The fraction of sp³-hybridized carbons (Fsp3) is 0.0385. The van der Waals surface area contributed by atoms with E-state index in [4.69, 9.17) is 20.8 Å². The van der Waals surface area contributed by atoms with E-state index in [1.54, 1.807) is 18.2 Å². The first kappa shape index (κ1) is 25.7. The highest BCUT2D eigenvalue weighted by Crippen LogP contribution is 2.37. The number of nitro benzene ring substituents is 1. The van der Waals surface area contributed by atoms with E-state index in [-0.39, 0.29) is 10.8 Å². The molecule has 0 aliphatic carbocycles. The molecule has 1 N–H and O–H groups in total. The van der Waals surface area contributed by atoms with Crippen molar-refractivity contribution in [1.29, 1.82) is 0 Å². The number of benzene rings is 3. The summed E-state index contributed by atoms with van der Waals surface area (Å²) in [7, 11) is -4.45. The lowest BCUT2D eigenvalue weighted by atomic mass is 10.1. The van der Waals surface area contributed by atoms with Crippen LogP contribution in [0.2, 0.25) is 5.02 Å². The fourth-order valence-electron chi connectivity index (χ4n) is 3.85. The van der Waals surface area contributed by atoms with E-state index in [0.29, 0.717) is 29.3 Å². The van der Waals surface area contributed by atoms with Crippen LogP contribution in [0.3, 0.4) is 0 Å². The van der Waals surface area contributed by atoms with Gasteiger partial charge >= 0.3 is 10.1 Å². The van der Waals surface area contributed by atoms with Crippen LogP contribution in [0.4, 0.5) is 11.5 Å². The van der Waals surface area contributed by atoms with Gasteiger partial charge in [-0.1, -0.05) is 54.1 Å². The van der Waals surface area contributed by atoms with Gasteiger partial charge in [-0.2, -0.15) is 8.42 Å². The first-order chi connectivity index (χ1) is 18.2. The van der Waals surface area contributed by atoms with Crippen LogP contribution in [0.15, 0.2) is 100 Å². The summed E-state index contributed by atoms with van der Waals surface area (Å²) in [5, 5.41) is 14.5. The van der Waals surface area contributed by atoms with Gasteiger partial charge in [0, 0.05) is 28.8 Å². The highest BCUT2D eigenvalue weighted by atomic mass is 79.9. The summed E-state index contributed by atoms with van der Waals surface area (Å²) in [6.45, 7) is 0.490. The lowest BCUT2D eigenvalue weighted by Gasteiger charge is -2.13. The number of pyridine rings is 1. The molecule has 0 unspecified atom stereocenters. The van der Waals surface area contributed by atoms with E-state index in [0.717, 1.165) is 28.2 Å². The number of para-hydroxylation sites is 1. The van der Waals surface area contributed by atoms with Crippen LogP contribution in [-0.2, 0) is 16.7 Å². The van der Waals surface area contributed by atoms with Crippen LogP contribution in [0.25, 0.3) is 16.9 Å². The Labute approximate surface area is 231 Å². The smallest absolute Gasteiger partial charge is 0.339 e. The van der Waals surface area contributed by atoms with Gasteiger partial charge in [0.1, 0.15) is 27.1 Å². The highest BCUT2D eigenvalue weighted by molar-refractivity contribution is 9.10. The van der Waals surface area contributed by atoms with Crippen molar-refractivity contribution in [2.24, 2.45) is 0 Å². The van der Waals surface area contributed by atoms with Crippen LogP contribution in [-0.4, -0.2) is 22.7 Å². The molecule has 5 rings (SSSR count). The van der Waals surface area contributed by atoms with Crippen molar-refractivity contribution >= 4 is 54.8 Å². The Balaban J connectivity index is 1.58. The van der Waals surface area contributed by atoms with E-state index in [1.165, 1.54) is 6.07 Å². The Morgan fingerprint density at radius 2 is 1.76 bits per heavy atom. The SMILES string of the molecule is O=[N+]([O-])c1cc(S(=O)(=O)Oc2ccccc2-c2nc3ccc(Br)cn3c2NCc2ccccc2)ccc1Cl. The molecule has 0 saturated carbocycles. The third-order valence-corrected chi connectivity index (χ3v) is 7.65. The molecule has 38 heavy (non-hydrogen) atoms. The van der Waals surface area contributed by atoms with E-state index in [1.807, 2.05) is 53.1 Å². The minimum absolute atomic E-state index is 0.00957. The molecule has 3 aromatic carbocycles. The lowest BCUT2D eigenvalue weighted by molar-refractivity contribution is -0.384. The molecule has 0 radical (unpaired) electrons. The number of nitro groups is 1.